The first-order valence-corrected chi connectivity index (χ1v) is 23.1. The van der Waals surface area contributed by atoms with Crippen molar-refractivity contribution in [2.24, 2.45) is 0 Å². The maximum Gasteiger partial charge on any atom is 0.472 e. The Bertz CT molecular complexity index is 1030. The van der Waals surface area contributed by atoms with Crippen LogP contribution in [0.25, 0.3) is 0 Å². The highest BCUT2D eigenvalue weighted by Gasteiger charge is 2.23. The zero-order valence-electron chi connectivity index (χ0n) is 34.4. The number of rotatable bonds is 40. The number of amides is 1. The van der Waals surface area contributed by atoms with Crippen molar-refractivity contribution in [1.29, 1.82) is 0 Å². The number of aliphatic hydroxyl groups excluding tert-OH is 1. The summed E-state index contributed by atoms with van der Waals surface area (Å²) in [6, 6.07) is 0. The molecule has 2 atom stereocenters. The fourth-order valence-corrected chi connectivity index (χ4v) is 6.42. The van der Waals surface area contributed by atoms with Crippen molar-refractivity contribution < 1.29 is 37.9 Å². The van der Waals surface area contributed by atoms with E-state index < -0.39 is 26.5 Å². The van der Waals surface area contributed by atoms with Crippen LogP contribution in [0.5, 0.6) is 0 Å². The fourth-order valence-electron chi connectivity index (χ4n) is 5.66. The molecule has 0 aliphatic rings. The van der Waals surface area contributed by atoms with E-state index in [1.54, 1.807) is 0 Å². The summed E-state index contributed by atoms with van der Waals surface area (Å²) in [5, 5.41) is 12.7. The number of allylic oxidation sites excluding steroid dienone is 8. The van der Waals surface area contributed by atoms with Gasteiger partial charge in [0.05, 0.1) is 13.2 Å². The maximum absolute atomic E-state index is 12.1. The van der Waals surface area contributed by atoms with Gasteiger partial charge in [-0.25, -0.2) is 4.57 Å². The number of esters is 1. The van der Waals surface area contributed by atoms with Gasteiger partial charge in [0, 0.05) is 19.4 Å². The maximum atomic E-state index is 12.1. The largest absolute Gasteiger partial charge is 0.472 e. The van der Waals surface area contributed by atoms with Crippen molar-refractivity contribution in [2.45, 2.75) is 193 Å². The number of hydrogen-bond donors (Lipinski definition) is 3. The highest BCUT2D eigenvalue weighted by Crippen LogP contribution is 2.42. The van der Waals surface area contributed by atoms with E-state index >= 15 is 0 Å². The second-order valence-corrected chi connectivity index (χ2v) is 15.8. The first-order valence-electron chi connectivity index (χ1n) is 21.6. The van der Waals surface area contributed by atoms with E-state index in [-0.39, 0.29) is 32.1 Å². The summed E-state index contributed by atoms with van der Waals surface area (Å²) >= 11 is 0. The summed E-state index contributed by atoms with van der Waals surface area (Å²) in [6.07, 6.45) is 46.1. The van der Waals surface area contributed by atoms with Crippen LogP contribution in [0.15, 0.2) is 48.6 Å². The summed E-state index contributed by atoms with van der Waals surface area (Å²) in [6.45, 7) is 3.46. The molecule has 0 aromatic heterocycles. The second-order valence-electron chi connectivity index (χ2n) is 14.3. The third-order valence-electron chi connectivity index (χ3n) is 8.98. The first-order chi connectivity index (χ1) is 26.3. The number of carbonyl (C=O) groups is 2. The summed E-state index contributed by atoms with van der Waals surface area (Å²) in [4.78, 5) is 33.9. The smallest absolute Gasteiger partial charge is 0.463 e. The van der Waals surface area contributed by atoms with E-state index in [1.807, 2.05) is 0 Å². The molecule has 0 spiro atoms. The molecule has 10 heteroatoms. The average Bonchev–Trinajstić information content (AvgIpc) is 3.16. The minimum Gasteiger partial charge on any atom is -0.463 e. The van der Waals surface area contributed by atoms with E-state index in [0.29, 0.717) is 6.42 Å². The zero-order chi connectivity index (χ0) is 39.6. The Hall–Kier alpha value is -2.03. The van der Waals surface area contributed by atoms with Crippen molar-refractivity contribution >= 4 is 19.7 Å². The second kappa shape index (κ2) is 40.6. The molecule has 0 rings (SSSR count). The number of unbranched alkanes of at least 4 members (excludes halogenated alkanes) is 19. The molecule has 0 aromatic rings. The van der Waals surface area contributed by atoms with Gasteiger partial charge in [0.2, 0.25) is 5.91 Å². The number of hydrogen-bond acceptors (Lipinski definition) is 7. The summed E-state index contributed by atoms with van der Waals surface area (Å²) in [7, 11) is -4.42. The standard InChI is InChI=1S/C44H80NO8P/c1-3-5-7-9-11-13-15-17-19-20-21-22-23-25-27-29-31-33-35-37-44(48)51-40-42(46)41-53-54(49,50)52-39-38-45-43(47)36-34-32-30-28-26-24-18-16-14-12-10-8-6-4-2/h10-13,16-19,42,46H,3-9,14-15,20-41H2,1-2H3,(H,45,47)(H,49,50)/b12-10-,13-11-,18-16-,19-17-. The van der Waals surface area contributed by atoms with Gasteiger partial charge < -0.3 is 20.1 Å². The molecule has 0 radical (unpaired) electrons. The number of carbonyl (C=O) groups excluding carboxylic acids is 2. The molecular formula is C44H80NO8P. The molecule has 3 N–H and O–H groups in total. The van der Waals surface area contributed by atoms with Crippen LogP contribution in [0, 0.1) is 0 Å². The van der Waals surface area contributed by atoms with Crippen molar-refractivity contribution in [1.82, 2.24) is 5.32 Å². The predicted octanol–water partition coefficient (Wildman–Crippen LogP) is 11.9. The third-order valence-corrected chi connectivity index (χ3v) is 9.97. The summed E-state index contributed by atoms with van der Waals surface area (Å²) in [5.41, 5.74) is 0. The molecule has 0 saturated carbocycles. The lowest BCUT2D eigenvalue weighted by molar-refractivity contribution is -0.147. The van der Waals surface area contributed by atoms with Gasteiger partial charge in [-0.2, -0.15) is 0 Å². The highest BCUT2D eigenvalue weighted by molar-refractivity contribution is 7.47. The molecular weight excluding hydrogens is 701 g/mol. The number of phosphoric acid groups is 1. The Kier molecular flexibility index (Phi) is 39.1. The quantitative estimate of drug-likeness (QED) is 0.0242. The Morgan fingerprint density at radius 1 is 0.574 bits per heavy atom. The molecule has 2 unspecified atom stereocenters. The third kappa shape index (κ3) is 41.1. The van der Waals surface area contributed by atoms with E-state index in [4.69, 9.17) is 13.8 Å². The minimum atomic E-state index is -4.42. The average molecular weight is 782 g/mol. The Morgan fingerprint density at radius 3 is 1.54 bits per heavy atom. The van der Waals surface area contributed by atoms with Gasteiger partial charge in [-0.15, -0.1) is 0 Å². The molecule has 0 fully saturated rings. The molecule has 54 heavy (non-hydrogen) atoms. The molecule has 0 heterocycles. The lowest BCUT2D eigenvalue weighted by Gasteiger charge is -2.15. The molecule has 0 aromatic carbocycles. The first kappa shape index (κ1) is 52.0. The molecule has 0 saturated heterocycles. The van der Waals surface area contributed by atoms with E-state index in [1.165, 1.54) is 89.9 Å². The van der Waals surface area contributed by atoms with Crippen LogP contribution in [0.4, 0.5) is 0 Å². The van der Waals surface area contributed by atoms with Crippen LogP contribution in [-0.2, 0) is 27.9 Å². The highest BCUT2D eigenvalue weighted by atomic mass is 31.2. The molecule has 1 amide bonds. The van der Waals surface area contributed by atoms with Gasteiger partial charge in [-0.3, -0.25) is 18.6 Å². The number of nitrogens with one attached hydrogen (secondary N) is 1. The number of ether oxygens (including phenoxy) is 1. The number of phosphoric ester groups is 1. The lowest BCUT2D eigenvalue weighted by atomic mass is 10.1. The van der Waals surface area contributed by atoms with Gasteiger partial charge >= 0.3 is 13.8 Å². The summed E-state index contributed by atoms with van der Waals surface area (Å²) in [5.74, 6) is -0.536. The fraction of sp³-hybridized carbons (Fsp3) is 0.773. The van der Waals surface area contributed by atoms with Crippen LogP contribution in [-0.4, -0.2) is 54.3 Å². The van der Waals surface area contributed by atoms with E-state index in [9.17, 15) is 24.2 Å². The molecule has 314 valence electrons. The van der Waals surface area contributed by atoms with Crippen molar-refractivity contribution in [3.8, 4) is 0 Å². The molecule has 0 aliphatic heterocycles. The van der Waals surface area contributed by atoms with Gasteiger partial charge in [0.25, 0.3) is 0 Å². The minimum absolute atomic E-state index is 0.0724. The Morgan fingerprint density at radius 2 is 1.02 bits per heavy atom. The van der Waals surface area contributed by atoms with Crippen molar-refractivity contribution in [3.63, 3.8) is 0 Å². The van der Waals surface area contributed by atoms with E-state index in [0.717, 1.165) is 70.6 Å². The van der Waals surface area contributed by atoms with Gasteiger partial charge in [-0.1, -0.05) is 152 Å². The number of aliphatic hydroxyl groups is 1. The van der Waals surface area contributed by atoms with Gasteiger partial charge in [-0.05, 0) is 70.6 Å². The topological polar surface area (TPSA) is 131 Å². The van der Waals surface area contributed by atoms with Crippen LogP contribution in [0.2, 0.25) is 0 Å². The van der Waals surface area contributed by atoms with Crippen LogP contribution < -0.4 is 5.32 Å². The van der Waals surface area contributed by atoms with Crippen LogP contribution in [0.3, 0.4) is 0 Å². The Labute approximate surface area is 330 Å². The molecule has 9 nitrogen and oxygen atoms in total. The molecule has 0 bridgehead atoms. The lowest BCUT2D eigenvalue weighted by Crippen LogP contribution is -2.27. The Balaban J connectivity index is 3.62. The van der Waals surface area contributed by atoms with Crippen LogP contribution in [0.1, 0.15) is 187 Å². The normalized spacial score (nSPS) is 13.8. The van der Waals surface area contributed by atoms with E-state index in [2.05, 4.69) is 67.8 Å². The summed E-state index contributed by atoms with van der Waals surface area (Å²) < 4.78 is 26.9. The van der Waals surface area contributed by atoms with Gasteiger partial charge in [0.1, 0.15) is 12.7 Å². The van der Waals surface area contributed by atoms with Crippen LogP contribution >= 0.6 is 7.82 Å². The zero-order valence-corrected chi connectivity index (χ0v) is 35.3. The van der Waals surface area contributed by atoms with Crippen molar-refractivity contribution in [2.75, 3.05) is 26.4 Å². The predicted molar refractivity (Wildman–Crippen MR) is 224 cm³/mol. The monoisotopic (exact) mass is 782 g/mol. The van der Waals surface area contributed by atoms with Crippen molar-refractivity contribution in [3.05, 3.63) is 48.6 Å². The SMILES string of the molecule is CCCC/C=C\C/C=C\CCCCCCCC(=O)NCCOP(=O)(O)OCC(O)COC(=O)CCCCCCCCCCC/C=C\C/C=C\CCCCC. The van der Waals surface area contributed by atoms with Gasteiger partial charge in [0.15, 0.2) is 0 Å². The molecule has 0 aliphatic carbocycles.